The Kier molecular flexibility index (Phi) is 2.58. The van der Waals surface area contributed by atoms with Gasteiger partial charge < -0.3 is 15.3 Å². The highest BCUT2D eigenvalue weighted by atomic mass is 79.9. The molecule has 1 unspecified atom stereocenters. The van der Waals surface area contributed by atoms with Crippen LogP contribution < -0.4 is 5.73 Å². The van der Waals surface area contributed by atoms with E-state index >= 15 is 0 Å². The Bertz CT molecular complexity index is 452. The summed E-state index contributed by atoms with van der Waals surface area (Å²) in [5.74, 6) is 0. The number of aliphatic hydroxyl groups is 1. The van der Waals surface area contributed by atoms with E-state index < -0.39 is 0 Å². The number of rotatable bonds is 2. The van der Waals surface area contributed by atoms with Gasteiger partial charge in [0.25, 0.3) is 0 Å². The van der Waals surface area contributed by atoms with Gasteiger partial charge in [-0.3, -0.25) is 0 Å². The van der Waals surface area contributed by atoms with Crippen molar-refractivity contribution in [1.82, 2.24) is 0 Å². The van der Waals surface area contributed by atoms with E-state index in [9.17, 15) is 0 Å². The molecule has 74 valence electrons. The van der Waals surface area contributed by atoms with Gasteiger partial charge in [-0.2, -0.15) is 0 Å². The normalized spacial score (nSPS) is 13.4. The highest BCUT2D eigenvalue weighted by Crippen LogP contribution is 2.25. The molecule has 0 fully saturated rings. The number of fused-ring (bicyclic) bond motifs is 1. The Morgan fingerprint density at radius 3 is 2.93 bits per heavy atom. The molecule has 0 aliphatic carbocycles. The second-order valence-corrected chi connectivity index (χ2v) is 3.92. The molecule has 0 spiro atoms. The first-order chi connectivity index (χ1) is 6.70. The Balaban J connectivity index is 2.50. The van der Waals surface area contributed by atoms with E-state index in [-0.39, 0.29) is 12.6 Å². The summed E-state index contributed by atoms with van der Waals surface area (Å²) >= 11 is 3.26. The topological polar surface area (TPSA) is 59.4 Å². The standard InChI is InChI=1S/C10H10BrNO2/c11-10-4-7-2-1-6(8(12)5-13)3-9(7)14-10/h1-4,8,13H,5,12H2. The van der Waals surface area contributed by atoms with Crippen LogP contribution in [0.2, 0.25) is 0 Å². The van der Waals surface area contributed by atoms with Crippen molar-refractivity contribution in [2.24, 2.45) is 5.73 Å². The Morgan fingerprint density at radius 1 is 1.43 bits per heavy atom. The van der Waals surface area contributed by atoms with Crippen LogP contribution in [0.3, 0.4) is 0 Å². The van der Waals surface area contributed by atoms with Crippen LogP contribution in [0.1, 0.15) is 11.6 Å². The molecule has 3 nitrogen and oxygen atoms in total. The molecule has 2 aromatic rings. The zero-order chi connectivity index (χ0) is 10.1. The summed E-state index contributed by atoms with van der Waals surface area (Å²) < 4.78 is 6.08. The molecule has 0 amide bonds. The lowest BCUT2D eigenvalue weighted by molar-refractivity contribution is 0.268. The van der Waals surface area contributed by atoms with Crippen LogP contribution in [0.15, 0.2) is 33.4 Å². The van der Waals surface area contributed by atoms with Gasteiger partial charge in [-0.1, -0.05) is 12.1 Å². The number of hydrogen-bond acceptors (Lipinski definition) is 3. The van der Waals surface area contributed by atoms with Crippen molar-refractivity contribution < 1.29 is 9.52 Å². The maximum Gasteiger partial charge on any atom is 0.170 e. The van der Waals surface area contributed by atoms with E-state index in [2.05, 4.69) is 15.9 Å². The smallest absolute Gasteiger partial charge is 0.170 e. The summed E-state index contributed by atoms with van der Waals surface area (Å²) in [5.41, 5.74) is 7.34. The van der Waals surface area contributed by atoms with Gasteiger partial charge in [-0.15, -0.1) is 0 Å². The first-order valence-corrected chi connectivity index (χ1v) is 5.05. The molecule has 1 aromatic carbocycles. The van der Waals surface area contributed by atoms with Crippen molar-refractivity contribution in [2.75, 3.05) is 6.61 Å². The molecular formula is C10H10BrNO2. The minimum absolute atomic E-state index is 0.0621. The lowest BCUT2D eigenvalue weighted by atomic mass is 10.1. The molecule has 3 N–H and O–H groups in total. The fourth-order valence-electron chi connectivity index (χ4n) is 1.35. The molecule has 0 bridgehead atoms. The van der Waals surface area contributed by atoms with Crippen molar-refractivity contribution in [3.8, 4) is 0 Å². The fourth-order valence-corrected chi connectivity index (χ4v) is 1.77. The molecule has 0 aliphatic heterocycles. The predicted molar refractivity (Wildman–Crippen MR) is 57.9 cm³/mol. The van der Waals surface area contributed by atoms with Crippen molar-refractivity contribution in [3.05, 3.63) is 34.5 Å². The molecule has 0 aliphatic rings. The van der Waals surface area contributed by atoms with Gasteiger partial charge in [0.1, 0.15) is 5.58 Å². The number of aliphatic hydroxyl groups excluding tert-OH is 1. The summed E-state index contributed by atoms with van der Waals surface area (Å²) in [6.07, 6.45) is 0. The van der Waals surface area contributed by atoms with Gasteiger partial charge in [0.05, 0.1) is 12.6 Å². The minimum atomic E-state index is -0.344. The average molecular weight is 256 g/mol. The van der Waals surface area contributed by atoms with Gasteiger partial charge in [-0.05, 0) is 33.6 Å². The molecule has 1 heterocycles. The zero-order valence-corrected chi connectivity index (χ0v) is 8.99. The highest BCUT2D eigenvalue weighted by Gasteiger charge is 2.07. The minimum Gasteiger partial charge on any atom is -0.449 e. The van der Waals surface area contributed by atoms with Crippen molar-refractivity contribution >= 4 is 26.9 Å². The second kappa shape index (κ2) is 3.73. The highest BCUT2D eigenvalue weighted by molar-refractivity contribution is 9.10. The van der Waals surface area contributed by atoms with E-state index in [1.165, 1.54) is 0 Å². The van der Waals surface area contributed by atoms with Crippen molar-refractivity contribution in [3.63, 3.8) is 0 Å². The molecular weight excluding hydrogens is 246 g/mol. The van der Waals surface area contributed by atoms with E-state index in [1.54, 1.807) is 0 Å². The molecule has 0 saturated heterocycles. The van der Waals surface area contributed by atoms with Gasteiger partial charge in [0.15, 0.2) is 4.67 Å². The first kappa shape index (κ1) is 9.71. The average Bonchev–Trinajstić information content (AvgIpc) is 2.55. The monoisotopic (exact) mass is 255 g/mol. The third-order valence-corrected chi connectivity index (χ3v) is 2.53. The Morgan fingerprint density at radius 2 is 2.21 bits per heavy atom. The Labute approximate surface area is 89.6 Å². The molecule has 2 rings (SSSR count). The molecule has 1 aromatic heterocycles. The molecule has 4 heteroatoms. The van der Waals surface area contributed by atoms with Crippen LogP contribution in [-0.2, 0) is 0 Å². The predicted octanol–water partition coefficient (Wildman–Crippen LogP) is 2.19. The summed E-state index contributed by atoms with van der Waals surface area (Å²) in [7, 11) is 0. The van der Waals surface area contributed by atoms with Crippen LogP contribution in [0.4, 0.5) is 0 Å². The summed E-state index contributed by atoms with van der Waals surface area (Å²) in [6, 6.07) is 7.22. The van der Waals surface area contributed by atoms with E-state index in [0.717, 1.165) is 16.5 Å². The van der Waals surface area contributed by atoms with Crippen LogP contribution in [0.5, 0.6) is 0 Å². The molecule has 0 saturated carbocycles. The van der Waals surface area contributed by atoms with E-state index in [4.69, 9.17) is 15.3 Å². The maximum atomic E-state index is 8.90. The molecule has 1 atom stereocenters. The van der Waals surface area contributed by atoms with Crippen LogP contribution in [-0.4, -0.2) is 11.7 Å². The fraction of sp³-hybridized carbons (Fsp3) is 0.200. The van der Waals surface area contributed by atoms with Crippen LogP contribution in [0.25, 0.3) is 11.0 Å². The van der Waals surface area contributed by atoms with Gasteiger partial charge in [0.2, 0.25) is 0 Å². The lowest BCUT2D eigenvalue weighted by Crippen LogP contribution is -2.13. The van der Waals surface area contributed by atoms with E-state index in [1.807, 2.05) is 24.3 Å². The van der Waals surface area contributed by atoms with Crippen molar-refractivity contribution in [2.45, 2.75) is 6.04 Å². The zero-order valence-electron chi connectivity index (χ0n) is 7.40. The Hall–Kier alpha value is -0.840. The molecule has 0 radical (unpaired) electrons. The first-order valence-electron chi connectivity index (χ1n) is 4.26. The molecule has 14 heavy (non-hydrogen) atoms. The lowest BCUT2D eigenvalue weighted by Gasteiger charge is -2.07. The quantitative estimate of drug-likeness (QED) is 0.865. The third-order valence-electron chi connectivity index (χ3n) is 2.14. The van der Waals surface area contributed by atoms with Gasteiger partial charge in [0, 0.05) is 5.39 Å². The summed E-state index contributed by atoms with van der Waals surface area (Å²) in [4.78, 5) is 0. The van der Waals surface area contributed by atoms with Gasteiger partial charge in [-0.25, -0.2) is 0 Å². The van der Waals surface area contributed by atoms with Crippen molar-refractivity contribution in [1.29, 1.82) is 0 Å². The number of halogens is 1. The number of furan rings is 1. The third kappa shape index (κ3) is 1.68. The number of benzene rings is 1. The number of nitrogens with two attached hydrogens (primary N) is 1. The summed E-state index contributed by atoms with van der Waals surface area (Å²) in [6.45, 7) is -0.0621. The summed E-state index contributed by atoms with van der Waals surface area (Å²) in [5, 5.41) is 9.92. The van der Waals surface area contributed by atoms with Crippen LogP contribution in [0, 0.1) is 0 Å². The van der Waals surface area contributed by atoms with E-state index in [0.29, 0.717) is 4.67 Å². The SMILES string of the molecule is NC(CO)c1ccc2cc(Br)oc2c1. The number of hydrogen-bond donors (Lipinski definition) is 2. The van der Waals surface area contributed by atoms with Gasteiger partial charge >= 0.3 is 0 Å². The van der Waals surface area contributed by atoms with Crippen LogP contribution >= 0.6 is 15.9 Å². The second-order valence-electron chi connectivity index (χ2n) is 3.14. The maximum absolute atomic E-state index is 8.90. The largest absolute Gasteiger partial charge is 0.449 e.